The molecule has 3 aliphatic heterocycles. The van der Waals surface area contributed by atoms with Crippen molar-refractivity contribution in [2.24, 2.45) is 0 Å². The van der Waals surface area contributed by atoms with Gasteiger partial charge >= 0.3 is 6.09 Å². The van der Waals surface area contributed by atoms with Crippen LogP contribution in [0.15, 0.2) is 47.3 Å². The zero-order valence-corrected chi connectivity index (χ0v) is 18.8. The molecule has 2 amide bonds. The molecule has 0 saturated carbocycles. The van der Waals surface area contributed by atoms with Gasteiger partial charge in [0.2, 0.25) is 0 Å². The molecule has 180 valence electrons. The molecule has 2 N–H and O–H groups in total. The lowest BCUT2D eigenvalue weighted by Gasteiger charge is -2.20. The van der Waals surface area contributed by atoms with E-state index in [4.69, 9.17) is 9.47 Å². The van der Waals surface area contributed by atoms with Crippen molar-refractivity contribution in [1.82, 2.24) is 9.88 Å². The largest absolute Gasteiger partial charge is 0.482 e. The van der Waals surface area contributed by atoms with Crippen molar-refractivity contribution >= 4 is 34.3 Å². The summed E-state index contributed by atoms with van der Waals surface area (Å²) in [6.45, 7) is 1.86. The molecule has 0 spiro atoms. The van der Waals surface area contributed by atoms with Gasteiger partial charge in [0.1, 0.15) is 17.7 Å². The third kappa shape index (κ3) is 3.79. The van der Waals surface area contributed by atoms with Gasteiger partial charge in [0.05, 0.1) is 17.7 Å². The maximum Gasteiger partial charge on any atom is 0.414 e. The van der Waals surface area contributed by atoms with Gasteiger partial charge in [-0.3, -0.25) is 14.5 Å². The lowest BCUT2D eigenvalue weighted by atomic mass is 9.99. The minimum absolute atomic E-state index is 0.0291. The van der Waals surface area contributed by atoms with Crippen LogP contribution in [0.5, 0.6) is 5.75 Å². The number of fused-ring (bicyclic) bond motifs is 1. The molecule has 0 unspecified atom stereocenters. The molecule has 6 rings (SSSR count). The summed E-state index contributed by atoms with van der Waals surface area (Å²) in [5, 5.41) is 6.93. The van der Waals surface area contributed by atoms with Crippen LogP contribution in [0.1, 0.15) is 17.9 Å². The van der Waals surface area contributed by atoms with Gasteiger partial charge < -0.3 is 24.7 Å². The quantitative estimate of drug-likeness (QED) is 0.528. The molecule has 0 aliphatic carbocycles. The number of ether oxygens (including phenoxy) is 2. The molecule has 3 aromatic rings. The van der Waals surface area contributed by atoms with Gasteiger partial charge in [0, 0.05) is 36.3 Å². The number of pyridine rings is 1. The van der Waals surface area contributed by atoms with E-state index < -0.39 is 6.09 Å². The maximum atomic E-state index is 14.6. The molecule has 3 aliphatic rings. The maximum absolute atomic E-state index is 14.6. The molecule has 9 nitrogen and oxygen atoms in total. The zero-order valence-electron chi connectivity index (χ0n) is 18.8. The third-order valence-electron chi connectivity index (χ3n) is 6.76. The Bertz CT molecular complexity index is 1420. The number of carbonyl (C=O) groups is 2. The first-order valence-corrected chi connectivity index (χ1v) is 11.6. The SMILES string of the molecule is O=C1COc2ccc(N3C[C@@H](CCNC[C@H]4Cn5c(=O)ccc6ccc(F)c4c65)OC3=O)cc2N1. The number of hydrogen-bond donors (Lipinski definition) is 2. The zero-order chi connectivity index (χ0) is 24.1. The average Bonchev–Trinajstić information content (AvgIpc) is 3.42. The summed E-state index contributed by atoms with van der Waals surface area (Å²) >= 11 is 0. The Hall–Kier alpha value is -3.92. The highest BCUT2D eigenvalue weighted by molar-refractivity contribution is 5.97. The van der Waals surface area contributed by atoms with Crippen molar-refractivity contribution in [3.63, 3.8) is 0 Å². The van der Waals surface area contributed by atoms with Crippen LogP contribution in [0.25, 0.3) is 10.9 Å². The predicted octanol–water partition coefficient (Wildman–Crippen LogP) is 2.57. The van der Waals surface area contributed by atoms with E-state index in [1.807, 2.05) is 0 Å². The van der Waals surface area contributed by atoms with Gasteiger partial charge in [0.25, 0.3) is 11.5 Å². The van der Waals surface area contributed by atoms with E-state index in [9.17, 15) is 18.8 Å². The summed E-state index contributed by atoms with van der Waals surface area (Å²) in [5.41, 5.74) is 2.27. The van der Waals surface area contributed by atoms with Crippen molar-refractivity contribution < 1.29 is 23.5 Å². The van der Waals surface area contributed by atoms with E-state index in [1.165, 1.54) is 17.0 Å². The highest BCUT2D eigenvalue weighted by Crippen LogP contribution is 2.35. The van der Waals surface area contributed by atoms with Crippen molar-refractivity contribution in [3.05, 3.63) is 64.2 Å². The van der Waals surface area contributed by atoms with Crippen molar-refractivity contribution in [1.29, 1.82) is 0 Å². The average molecular weight is 478 g/mol. The number of anilines is 2. The fourth-order valence-corrected chi connectivity index (χ4v) is 5.11. The lowest BCUT2D eigenvalue weighted by molar-refractivity contribution is -0.118. The predicted molar refractivity (Wildman–Crippen MR) is 127 cm³/mol. The van der Waals surface area contributed by atoms with E-state index in [0.717, 1.165) is 5.39 Å². The summed E-state index contributed by atoms with van der Waals surface area (Å²) in [6.07, 6.45) is -0.169. The van der Waals surface area contributed by atoms with Crippen LogP contribution in [0.3, 0.4) is 0 Å². The Morgan fingerprint density at radius 2 is 1.94 bits per heavy atom. The number of halogens is 1. The summed E-state index contributed by atoms with van der Waals surface area (Å²) in [7, 11) is 0. The number of nitrogens with one attached hydrogen (secondary N) is 2. The summed E-state index contributed by atoms with van der Waals surface area (Å²) in [5.74, 6) is -0.128. The van der Waals surface area contributed by atoms with Crippen LogP contribution >= 0.6 is 0 Å². The first-order chi connectivity index (χ1) is 17.0. The van der Waals surface area contributed by atoms with Gasteiger partial charge in [-0.25, -0.2) is 9.18 Å². The lowest BCUT2D eigenvalue weighted by Crippen LogP contribution is -2.29. The normalized spacial score (nSPS) is 20.5. The molecule has 1 aromatic heterocycles. The topological polar surface area (TPSA) is 102 Å². The van der Waals surface area contributed by atoms with Crippen LogP contribution in [0.2, 0.25) is 0 Å². The number of hydrogen-bond acceptors (Lipinski definition) is 6. The Morgan fingerprint density at radius 3 is 2.83 bits per heavy atom. The second kappa shape index (κ2) is 8.38. The molecule has 35 heavy (non-hydrogen) atoms. The van der Waals surface area contributed by atoms with Gasteiger partial charge in [-0.15, -0.1) is 0 Å². The second-order valence-corrected chi connectivity index (χ2v) is 9.00. The number of benzene rings is 2. The first-order valence-electron chi connectivity index (χ1n) is 11.6. The molecule has 10 heteroatoms. The smallest absolute Gasteiger partial charge is 0.414 e. The van der Waals surface area contributed by atoms with Crippen LogP contribution < -0.4 is 25.8 Å². The molecule has 1 saturated heterocycles. The summed E-state index contributed by atoms with van der Waals surface area (Å²) < 4.78 is 27.2. The van der Waals surface area contributed by atoms with Gasteiger partial charge in [-0.1, -0.05) is 0 Å². The van der Waals surface area contributed by atoms with E-state index in [-0.39, 0.29) is 35.9 Å². The number of carbonyl (C=O) groups excluding carboxylic acids is 2. The van der Waals surface area contributed by atoms with E-state index >= 15 is 0 Å². The third-order valence-corrected chi connectivity index (χ3v) is 6.76. The van der Waals surface area contributed by atoms with Crippen LogP contribution in [-0.4, -0.2) is 48.9 Å². The minimum Gasteiger partial charge on any atom is -0.482 e. The highest BCUT2D eigenvalue weighted by Gasteiger charge is 2.33. The molecule has 2 atom stereocenters. The van der Waals surface area contributed by atoms with Crippen molar-refractivity contribution in [2.75, 3.05) is 36.5 Å². The molecule has 2 aromatic carbocycles. The van der Waals surface area contributed by atoms with Gasteiger partial charge in [-0.05, 0) is 54.8 Å². The fourth-order valence-electron chi connectivity index (χ4n) is 5.11. The Kier molecular flexibility index (Phi) is 5.18. The molecule has 0 radical (unpaired) electrons. The van der Waals surface area contributed by atoms with Gasteiger partial charge in [0.15, 0.2) is 6.61 Å². The monoisotopic (exact) mass is 478 g/mol. The number of rotatable bonds is 6. The fraction of sp³-hybridized carbons (Fsp3) is 0.320. The standard InChI is InChI=1S/C25H23FN4O5/c26-18-4-1-14-2-6-22(32)30-11-15(23(18)24(14)30)10-27-8-7-17-12-29(25(33)35-17)16-3-5-20-19(9-16)28-21(31)13-34-20/h1-6,9,15,17,27H,7-8,10-13H2,(H,28,31)/t15-,17+/m0/s1. The Morgan fingerprint density at radius 1 is 1.09 bits per heavy atom. The number of cyclic esters (lactones) is 1. The Labute approximate surface area is 199 Å². The molecule has 4 heterocycles. The molecule has 0 bridgehead atoms. The van der Waals surface area contributed by atoms with Crippen molar-refractivity contribution in [2.45, 2.75) is 25.0 Å². The Balaban J connectivity index is 1.06. The van der Waals surface area contributed by atoms with E-state index in [0.29, 0.717) is 60.8 Å². The van der Waals surface area contributed by atoms with Crippen LogP contribution in [0, 0.1) is 5.82 Å². The number of aromatic nitrogens is 1. The van der Waals surface area contributed by atoms with Crippen LogP contribution in [-0.2, 0) is 16.1 Å². The van der Waals surface area contributed by atoms with Crippen LogP contribution in [0.4, 0.5) is 20.6 Å². The first kappa shape index (κ1) is 21.6. The molecular weight excluding hydrogens is 455 g/mol. The summed E-state index contributed by atoms with van der Waals surface area (Å²) in [4.78, 5) is 37.8. The number of amides is 2. The molecular formula is C25H23FN4O5. The van der Waals surface area contributed by atoms with Crippen molar-refractivity contribution in [3.8, 4) is 5.75 Å². The van der Waals surface area contributed by atoms with E-state index in [1.54, 1.807) is 34.9 Å². The van der Waals surface area contributed by atoms with E-state index in [2.05, 4.69) is 10.6 Å². The van der Waals surface area contributed by atoms with Gasteiger partial charge in [-0.2, -0.15) is 0 Å². The minimum atomic E-state index is -0.447. The molecule has 1 fully saturated rings. The highest BCUT2D eigenvalue weighted by atomic mass is 19.1. The summed E-state index contributed by atoms with van der Waals surface area (Å²) in [6, 6.07) is 11.6. The second-order valence-electron chi connectivity index (χ2n) is 9.00. The number of nitrogens with zero attached hydrogens (tertiary/aromatic N) is 2.